The summed E-state index contributed by atoms with van der Waals surface area (Å²) in [5.41, 5.74) is 8.83. The number of amides is 6. The van der Waals surface area contributed by atoms with Crippen LogP contribution in [0.3, 0.4) is 0 Å². The molecule has 112 heavy (non-hydrogen) atoms. The first-order valence-electron chi connectivity index (χ1n) is 38.0. The summed E-state index contributed by atoms with van der Waals surface area (Å²) >= 11 is 0. The van der Waals surface area contributed by atoms with Gasteiger partial charge in [-0.1, -0.05) is 216 Å². The molecule has 9 aromatic rings. The summed E-state index contributed by atoms with van der Waals surface area (Å²) in [6.45, 7) is 39.8. The van der Waals surface area contributed by atoms with E-state index in [4.69, 9.17) is 18.9 Å². The molecule has 0 aliphatic heterocycles. The van der Waals surface area contributed by atoms with Crippen LogP contribution in [0.5, 0.6) is 23.4 Å². The van der Waals surface area contributed by atoms with Crippen molar-refractivity contribution in [3.8, 4) is 23.4 Å². The molecule has 0 radical (unpaired) electrons. The molecule has 0 saturated carbocycles. The van der Waals surface area contributed by atoms with Gasteiger partial charge < -0.3 is 34.9 Å². The number of nitrogens with zero attached hydrogens (tertiary/aromatic N) is 6. The van der Waals surface area contributed by atoms with E-state index >= 15 is 0 Å². The molecule has 0 fully saturated rings. The minimum Gasteiger partial charge on any atom is -0.494 e. The van der Waals surface area contributed by atoms with Gasteiger partial charge in [0.15, 0.2) is 0 Å². The number of methoxy groups -OCH3 is 3. The Morgan fingerprint density at radius 2 is 0.580 bits per heavy atom. The van der Waals surface area contributed by atoms with Crippen LogP contribution in [0.1, 0.15) is 259 Å². The number of nitrogens with one attached hydrogen (secondary N) is 6. The first-order valence-corrected chi connectivity index (χ1v) is 38.0. The third-order valence-corrected chi connectivity index (χ3v) is 18.2. The van der Waals surface area contributed by atoms with Gasteiger partial charge in [0.05, 0.1) is 27.9 Å². The van der Waals surface area contributed by atoms with Gasteiger partial charge in [-0.05, 0) is 166 Å². The lowest BCUT2D eigenvalue weighted by molar-refractivity contribution is 0.101. The maximum Gasteiger partial charge on any atom is 0.258 e. The monoisotopic (exact) mass is 1520 g/mol. The Balaban J connectivity index is 0.000000235. The fourth-order valence-electron chi connectivity index (χ4n) is 12.8. The molecule has 6 aromatic carbocycles. The van der Waals surface area contributed by atoms with Gasteiger partial charge in [0.2, 0.25) is 35.5 Å². The zero-order valence-electron chi connectivity index (χ0n) is 69.2. The second-order valence-corrected chi connectivity index (χ2v) is 33.6. The van der Waals surface area contributed by atoms with E-state index in [1.807, 2.05) is 91.9 Å². The summed E-state index contributed by atoms with van der Waals surface area (Å²) in [5.74, 6) is 0.0187. The maximum atomic E-state index is 13.1. The highest BCUT2D eigenvalue weighted by Gasteiger charge is 2.30. The van der Waals surface area contributed by atoms with Crippen molar-refractivity contribution in [3.05, 3.63) is 225 Å². The van der Waals surface area contributed by atoms with E-state index in [0.29, 0.717) is 40.0 Å². The van der Waals surface area contributed by atoms with Crippen molar-refractivity contribution in [2.75, 3.05) is 59.8 Å². The summed E-state index contributed by atoms with van der Waals surface area (Å²) in [6, 6.07) is 48.6. The molecule has 22 nitrogen and oxygen atoms in total. The maximum absolute atomic E-state index is 13.1. The van der Waals surface area contributed by atoms with E-state index in [1.165, 1.54) is 76.3 Å². The Morgan fingerprint density at radius 1 is 0.321 bits per heavy atom. The lowest BCUT2D eigenvalue weighted by atomic mass is 9.72. The molecular formula is C90H114N12O10. The zero-order valence-corrected chi connectivity index (χ0v) is 69.2. The van der Waals surface area contributed by atoms with Crippen molar-refractivity contribution in [1.82, 2.24) is 29.9 Å². The van der Waals surface area contributed by atoms with Gasteiger partial charge in [-0.25, -0.2) is 0 Å². The lowest BCUT2D eigenvalue weighted by Crippen LogP contribution is -2.25. The molecule has 0 aliphatic rings. The highest BCUT2D eigenvalue weighted by atomic mass is 16.5. The third-order valence-electron chi connectivity index (χ3n) is 18.2. The van der Waals surface area contributed by atoms with E-state index in [-0.39, 0.29) is 121 Å². The number of hydrogen-bond donors (Lipinski definition) is 6. The number of carbonyl (C=O) groups is 6. The molecule has 22 heteroatoms. The summed E-state index contributed by atoms with van der Waals surface area (Å²) in [6.07, 6.45) is 9.24. The molecule has 0 aliphatic carbocycles. The van der Waals surface area contributed by atoms with E-state index in [0.717, 1.165) is 48.1 Å². The number of benzene rings is 6. The average molecular weight is 1520 g/mol. The van der Waals surface area contributed by atoms with Crippen molar-refractivity contribution < 1.29 is 47.7 Å². The normalized spacial score (nSPS) is 11.6. The smallest absolute Gasteiger partial charge is 0.258 e. The highest BCUT2D eigenvalue weighted by Crippen LogP contribution is 2.38. The molecule has 3 aromatic heterocycles. The number of hydrogen-bond acceptors (Lipinski definition) is 16. The highest BCUT2D eigenvalue weighted by molar-refractivity contribution is 6.07. The van der Waals surface area contributed by atoms with E-state index in [1.54, 1.807) is 60.7 Å². The molecule has 0 saturated heterocycles. The molecule has 594 valence electrons. The Kier molecular flexibility index (Phi) is 30.6. The fraction of sp³-hybridized carbons (Fsp3) is 0.400. The lowest BCUT2D eigenvalue weighted by Gasteiger charge is -2.33. The van der Waals surface area contributed by atoms with Crippen LogP contribution in [-0.2, 0) is 21.7 Å². The van der Waals surface area contributed by atoms with Crippen molar-refractivity contribution in [2.45, 2.75) is 198 Å². The second-order valence-electron chi connectivity index (χ2n) is 33.6. The summed E-state index contributed by atoms with van der Waals surface area (Å²) in [7, 11) is 4.37. The van der Waals surface area contributed by atoms with Crippen molar-refractivity contribution in [1.29, 1.82) is 0 Å². The minimum absolute atomic E-state index is 0.00476. The molecule has 0 spiro atoms. The molecule has 0 unspecified atom stereocenters. The Bertz CT molecular complexity index is 4440. The van der Waals surface area contributed by atoms with E-state index in [9.17, 15) is 28.8 Å². The predicted molar refractivity (Wildman–Crippen MR) is 447 cm³/mol. The Labute approximate surface area is 661 Å². The van der Waals surface area contributed by atoms with Gasteiger partial charge in [-0.2, -0.15) is 29.9 Å². The number of anilines is 6. The van der Waals surface area contributed by atoms with Gasteiger partial charge in [-0.3, -0.25) is 44.7 Å². The first-order chi connectivity index (χ1) is 52.6. The molecule has 3 heterocycles. The van der Waals surface area contributed by atoms with Crippen LogP contribution >= 0.6 is 0 Å². The zero-order chi connectivity index (χ0) is 82.4. The quantitative estimate of drug-likeness (QED) is 0.0261. The number of rotatable bonds is 27. The standard InChI is InChI=1S/C35H48N4O3.C28H34N4O4.C27H32N4O3/c1-32(2,3)21-34(7,8)25-16-12-23(13-17-25)29(40)36-27-20-28(42-11)38-31(37-27)39-30(41)24-14-18-26(19-15-24)35(9,10)22-33(4,5)6;1-4-5-6-7-8-9-18-36-23-16-14-22(15-17-23)27(34)32-28-30-24(19-25(31-28)35-3)29-26(33)21-12-10-20(2)11-13-21;1-26(2,3)19-12-8-17(9-13-19)23(32)28-21-16-22(34-7)30-25(29-21)31-24(33)18-10-14-20(15-11-18)27(4,5)6/h12-20H,21-22H2,1-11H3,(H2,36,37,38,39,40,41);10-17,19H,4-9,18H2,1-3H3,(H2,29,30,31,32,33,34);8-16H,1-7H3,(H2,28,29,30,31,32,33). The molecule has 6 amide bonds. The number of ether oxygens (including phenoxy) is 4. The van der Waals surface area contributed by atoms with Crippen LogP contribution in [0.25, 0.3) is 0 Å². The van der Waals surface area contributed by atoms with Gasteiger partial charge in [0, 0.05) is 51.6 Å². The number of unbranched alkanes of at least 4 members (excludes halogenated alkanes) is 5. The molecular weight excluding hydrogens is 1410 g/mol. The van der Waals surface area contributed by atoms with Gasteiger partial charge >= 0.3 is 0 Å². The van der Waals surface area contributed by atoms with Crippen LogP contribution in [0.15, 0.2) is 164 Å². The van der Waals surface area contributed by atoms with Crippen molar-refractivity contribution >= 4 is 70.7 Å². The third kappa shape index (κ3) is 27.9. The fourth-order valence-corrected chi connectivity index (χ4v) is 12.8. The Morgan fingerprint density at radius 3 is 0.857 bits per heavy atom. The Hall–Kier alpha value is -11.4. The molecule has 6 N–H and O–H groups in total. The SMILES string of the molecule is CCCCCCCCOc1ccc(C(=O)Nc2nc(NC(=O)c3ccc(C)cc3)cc(OC)n2)cc1.COc1cc(NC(=O)c2ccc(C(C)(C)C)cc2)nc(NC(=O)c2ccc(C(C)(C)C)cc2)n1.COc1cc(NC(=O)c2ccc(C(C)(C)CC(C)(C)C)cc2)nc(NC(=O)c2ccc(C(C)(C)CC(C)(C)C)cc2)n1. The predicted octanol–water partition coefficient (Wildman–Crippen LogP) is 20.0. The number of carbonyl (C=O) groups excluding carboxylic acids is 6. The number of aromatic nitrogens is 6. The van der Waals surface area contributed by atoms with Gasteiger partial charge in [0.1, 0.15) is 23.2 Å². The largest absolute Gasteiger partial charge is 0.494 e. The summed E-state index contributed by atoms with van der Waals surface area (Å²) in [4.78, 5) is 102. The van der Waals surface area contributed by atoms with Crippen LogP contribution in [-0.4, -0.2) is 93.3 Å². The van der Waals surface area contributed by atoms with Gasteiger partial charge in [0.25, 0.3) is 35.4 Å². The average Bonchev–Trinajstić information content (AvgIpc) is 0.831. The van der Waals surface area contributed by atoms with Crippen LogP contribution in [0, 0.1) is 17.8 Å². The molecule has 0 atom stereocenters. The summed E-state index contributed by atoms with van der Waals surface area (Å²) < 4.78 is 21.5. The molecule has 0 bridgehead atoms. The topological polar surface area (TPSA) is 289 Å². The van der Waals surface area contributed by atoms with Gasteiger partial charge in [-0.15, -0.1) is 0 Å². The minimum atomic E-state index is -0.387. The first kappa shape index (κ1) is 87.8. The molecule has 9 rings (SSSR count). The van der Waals surface area contributed by atoms with Crippen LogP contribution < -0.4 is 50.8 Å². The van der Waals surface area contributed by atoms with Crippen LogP contribution in [0.2, 0.25) is 0 Å². The number of aryl methyl sites for hydroxylation is 1. The second kappa shape index (κ2) is 39.0. The van der Waals surface area contributed by atoms with Crippen molar-refractivity contribution in [3.63, 3.8) is 0 Å². The van der Waals surface area contributed by atoms with Crippen molar-refractivity contribution in [2.24, 2.45) is 10.8 Å². The van der Waals surface area contributed by atoms with E-state index < -0.39 is 0 Å². The van der Waals surface area contributed by atoms with E-state index in [2.05, 4.69) is 180 Å². The summed E-state index contributed by atoms with van der Waals surface area (Å²) in [5, 5.41) is 16.3. The van der Waals surface area contributed by atoms with Crippen LogP contribution in [0.4, 0.5) is 35.3 Å².